The van der Waals surface area contributed by atoms with Crippen LogP contribution in [0.25, 0.3) is 16.8 Å². The van der Waals surface area contributed by atoms with Gasteiger partial charge in [0.2, 0.25) is 5.91 Å². The van der Waals surface area contributed by atoms with Crippen molar-refractivity contribution in [1.82, 2.24) is 10.2 Å². The third-order valence-corrected chi connectivity index (χ3v) is 5.45. The Kier molecular flexibility index (Phi) is 6.40. The summed E-state index contributed by atoms with van der Waals surface area (Å²) in [7, 11) is 0. The van der Waals surface area contributed by atoms with Crippen LogP contribution in [-0.4, -0.2) is 35.9 Å². The maximum Gasteiger partial charge on any atom is 0.329 e. The number of rotatable bonds is 7. The maximum absolute atomic E-state index is 12.9. The van der Waals surface area contributed by atoms with Crippen molar-refractivity contribution in [2.45, 2.75) is 20.3 Å². The van der Waals surface area contributed by atoms with Crippen molar-refractivity contribution in [2.24, 2.45) is 0 Å². The van der Waals surface area contributed by atoms with Gasteiger partial charge in [0.1, 0.15) is 18.0 Å². The molecule has 1 fully saturated rings. The number of ether oxygens (including phenoxy) is 1. The van der Waals surface area contributed by atoms with Gasteiger partial charge in [-0.2, -0.15) is 0 Å². The molecular weight excluding hydrogens is 418 g/mol. The zero-order valence-electron chi connectivity index (χ0n) is 18.6. The summed E-state index contributed by atoms with van der Waals surface area (Å²) in [5.74, 6) is -0.230. The highest BCUT2D eigenvalue weighted by atomic mass is 16.5. The molecule has 0 unspecified atom stereocenters. The smallest absolute Gasteiger partial charge is 0.329 e. The molecule has 2 N–H and O–H groups in total. The van der Waals surface area contributed by atoms with E-state index in [0.717, 1.165) is 39.0 Å². The number of carbonyl (C=O) groups is 3. The summed E-state index contributed by atoms with van der Waals surface area (Å²) in [5, 5.41) is 7.18. The van der Waals surface area contributed by atoms with Gasteiger partial charge in [0.05, 0.1) is 6.61 Å². The Labute approximate surface area is 192 Å². The number of hydrogen-bond acceptors (Lipinski definition) is 4. The van der Waals surface area contributed by atoms with Crippen LogP contribution in [0.4, 0.5) is 10.5 Å². The molecule has 0 saturated carbocycles. The molecule has 33 heavy (non-hydrogen) atoms. The van der Waals surface area contributed by atoms with Crippen LogP contribution in [0.3, 0.4) is 0 Å². The predicted molar refractivity (Wildman–Crippen MR) is 128 cm³/mol. The molecule has 0 aliphatic carbocycles. The minimum atomic E-state index is -0.625. The quantitative estimate of drug-likeness (QED) is 0.420. The molecule has 1 saturated heterocycles. The number of fused-ring (bicyclic) bond motifs is 1. The van der Waals surface area contributed by atoms with Crippen LogP contribution >= 0.6 is 0 Å². The molecule has 0 aromatic heterocycles. The maximum atomic E-state index is 12.9. The number of urea groups is 1. The van der Waals surface area contributed by atoms with E-state index in [1.807, 2.05) is 68.4 Å². The molecule has 3 aromatic rings. The molecule has 7 nitrogen and oxygen atoms in total. The van der Waals surface area contributed by atoms with E-state index in [4.69, 9.17) is 4.74 Å². The molecule has 1 heterocycles. The summed E-state index contributed by atoms with van der Waals surface area (Å²) in [6.07, 6.45) is 2.38. The van der Waals surface area contributed by atoms with E-state index < -0.39 is 17.8 Å². The molecule has 1 aliphatic heterocycles. The summed E-state index contributed by atoms with van der Waals surface area (Å²) in [5.41, 5.74) is 2.54. The van der Waals surface area contributed by atoms with Crippen molar-refractivity contribution in [3.05, 3.63) is 77.5 Å². The van der Waals surface area contributed by atoms with Gasteiger partial charge < -0.3 is 15.4 Å². The topological polar surface area (TPSA) is 87.7 Å². The second-order valence-electron chi connectivity index (χ2n) is 7.57. The molecule has 1 aliphatic rings. The lowest BCUT2D eigenvalue weighted by Crippen LogP contribution is -2.38. The van der Waals surface area contributed by atoms with Gasteiger partial charge in [0.25, 0.3) is 5.91 Å². The van der Waals surface area contributed by atoms with Gasteiger partial charge in [-0.05, 0) is 48.1 Å². The van der Waals surface area contributed by atoms with Crippen LogP contribution in [0.15, 0.2) is 66.4 Å². The van der Waals surface area contributed by atoms with Crippen LogP contribution in [0.2, 0.25) is 0 Å². The fourth-order valence-electron chi connectivity index (χ4n) is 3.86. The Morgan fingerprint density at radius 1 is 1.00 bits per heavy atom. The molecule has 4 amide bonds. The van der Waals surface area contributed by atoms with Crippen LogP contribution in [0.1, 0.15) is 25.0 Å². The first kappa shape index (κ1) is 22.1. The van der Waals surface area contributed by atoms with Crippen LogP contribution in [0.5, 0.6) is 5.75 Å². The van der Waals surface area contributed by atoms with Crippen molar-refractivity contribution >= 4 is 40.4 Å². The normalized spacial score (nSPS) is 14.6. The number of nitrogens with one attached hydrogen (secondary N) is 2. The Hall–Kier alpha value is -4.13. The van der Waals surface area contributed by atoms with Gasteiger partial charge in [-0.15, -0.1) is 0 Å². The van der Waals surface area contributed by atoms with Crippen molar-refractivity contribution < 1.29 is 19.1 Å². The predicted octanol–water partition coefficient (Wildman–Crippen LogP) is 4.33. The summed E-state index contributed by atoms with van der Waals surface area (Å²) in [6.45, 7) is 4.08. The largest absolute Gasteiger partial charge is 0.493 e. The molecular formula is C26H25N3O4. The fraction of sp³-hybridized carbons (Fsp3) is 0.192. The summed E-state index contributed by atoms with van der Waals surface area (Å²) < 4.78 is 5.70. The number of amides is 4. The lowest BCUT2D eigenvalue weighted by Gasteiger charge is -2.13. The highest BCUT2D eigenvalue weighted by molar-refractivity contribution is 6.16. The fourth-order valence-corrected chi connectivity index (χ4v) is 3.86. The lowest BCUT2D eigenvalue weighted by atomic mass is 10.0. The van der Waals surface area contributed by atoms with Crippen LogP contribution in [0, 0.1) is 0 Å². The van der Waals surface area contributed by atoms with Gasteiger partial charge >= 0.3 is 6.03 Å². The Morgan fingerprint density at radius 3 is 2.48 bits per heavy atom. The summed E-state index contributed by atoms with van der Waals surface area (Å²) in [4.78, 5) is 38.8. The van der Waals surface area contributed by atoms with E-state index in [0.29, 0.717) is 12.3 Å². The monoisotopic (exact) mass is 443 g/mol. The second kappa shape index (κ2) is 9.56. The summed E-state index contributed by atoms with van der Waals surface area (Å²) in [6, 6.07) is 18.2. The Balaban J connectivity index is 1.55. The molecule has 7 heteroatoms. The molecule has 0 bridgehead atoms. The van der Waals surface area contributed by atoms with Crippen molar-refractivity contribution in [3.8, 4) is 5.75 Å². The zero-order valence-corrected chi connectivity index (χ0v) is 18.6. The van der Waals surface area contributed by atoms with E-state index in [9.17, 15) is 14.4 Å². The van der Waals surface area contributed by atoms with Gasteiger partial charge in [0, 0.05) is 11.1 Å². The number of benzene rings is 3. The number of anilines is 1. The molecule has 0 spiro atoms. The van der Waals surface area contributed by atoms with E-state index in [-0.39, 0.29) is 12.2 Å². The molecule has 4 rings (SSSR count). The minimum absolute atomic E-state index is 0.121. The van der Waals surface area contributed by atoms with Gasteiger partial charge in [-0.25, -0.2) is 9.69 Å². The Morgan fingerprint density at radius 2 is 1.73 bits per heavy atom. The second-order valence-corrected chi connectivity index (χ2v) is 7.57. The van der Waals surface area contributed by atoms with Crippen LogP contribution in [-0.2, 0) is 16.0 Å². The number of nitrogens with zero attached hydrogens (tertiary/aromatic N) is 1. The zero-order chi connectivity index (χ0) is 23.4. The average molecular weight is 444 g/mol. The molecule has 168 valence electrons. The third kappa shape index (κ3) is 4.57. The average Bonchev–Trinajstić information content (AvgIpc) is 3.08. The first-order valence-electron chi connectivity index (χ1n) is 10.9. The first-order valence-corrected chi connectivity index (χ1v) is 10.9. The van der Waals surface area contributed by atoms with E-state index in [1.54, 1.807) is 12.1 Å². The molecule has 0 radical (unpaired) electrons. The van der Waals surface area contributed by atoms with Crippen molar-refractivity contribution in [3.63, 3.8) is 0 Å². The molecule has 0 atom stereocenters. The SMILES string of the molecule is CCOc1ccc(/C=C2/NC(=O)N(CC(=O)Nc3ccccc3CC)C2=O)c2ccccc12. The van der Waals surface area contributed by atoms with Gasteiger partial charge in [0.15, 0.2) is 0 Å². The van der Waals surface area contributed by atoms with Crippen LogP contribution < -0.4 is 15.4 Å². The third-order valence-electron chi connectivity index (χ3n) is 5.45. The van der Waals surface area contributed by atoms with E-state index in [1.165, 1.54) is 0 Å². The Bertz CT molecular complexity index is 1270. The number of hydrogen-bond donors (Lipinski definition) is 2. The van der Waals surface area contributed by atoms with E-state index in [2.05, 4.69) is 10.6 Å². The number of imide groups is 1. The lowest BCUT2D eigenvalue weighted by molar-refractivity contribution is -0.127. The van der Waals surface area contributed by atoms with Gasteiger partial charge in [-0.3, -0.25) is 9.59 Å². The minimum Gasteiger partial charge on any atom is -0.493 e. The van der Waals surface area contributed by atoms with Crippen molar-refractivity contribution in [2.75, 3.05) is 18.5 Å². The number of aryl methyl sites for hydroxylation is 1. The van der Waals surface area contributed by atoms with E-state index >= 15 is 0 Å². The van der Waals surface area contributed by atoms with Gasteiger partial charge in [-0.1, -0.05) is 55.5 Å². The molecule has 3 aromatic carbocycles. The number of carbonyl (C=O) groups excluding carboxylic acids is 3. The highest BCUT2D eigenvalue weighted by Crippen LogP contribution is 2.30. The van der Waals surface area contributed by atoms with Crippen molar-refractivity contribution in [1.29, 1.82) is 0 Å². The summed E-state index contributed by atoms with van der Waals surface area (Å²) >= 11 is 0. The standard InChI is InChI=1S/C26H25N3O4/c1-3-17-9-5-8-12-21(17)27-24(30)16-29-25(31)22(28-26(29)32)15-18-13-14-23(33-4-2)20-11-7-6-10-19(18)20/h5-15H,3-4,16H2,1-2H3,(H,27,30)(H,28,32)/b22-15+. The number of para-hydroxylation sites is 1. The first-order chi connectivity index (χ1) is 16.0. The highest BCUT2D eigenvalue weighted by Gasteiger charge is 2.35.